The number of nitrogens with two attached hydrogens (primary N) is 1. The smallest absolute Gasteiger partial charge is 0.122 e. The maximum Gasteiger partial charge on any atom is 0.122 e. The standard InChI is InChI=1S/C15H19N3O/c1-11-17-7-8-18(11)9-10-19-15-4-2-3-12-13(15)5-6-14(12)16/h2-4,7-8,14H,5-6,9-10,16H2,1H3. The van der Waals surface area contributed by atoms with E-state index >= 15 is 0 Å². The zero-order valence-corrected chi connectivity index (χ0v) is 11.2. The Morgan fingerprint density at radius 3 is 3.16 bits per heavy atom. The molecule has 1 aromatic carbocycles. The van der Waals surface area contributed by atoms with Crippen LogP contribution in [0.2, 0.25) is 0 Å². The highest BCUT2D eigenvalue weighted by atomic mass is 16.5. The molecule has 0 amide bonds. The molecule has 0 radical (unpaired) electrons. The van der Waals surface area contributed by atoms with Crippen molar-refractivity contribution in [1.82, 2.24) is 9.55 Å². The van der Waals surface area contributed by atoms with Crippen molar-refractivity contribution in [3.05, 3.63) is 47.5 Å². The number of nitrogens with zero attached hydrogens (tertiary/aromatic N) is 2. The van der Waals surface area contributed by atoms with Crippen molar-refractivity contribution >= 4 is 0 Å². The third-order valence-electron chi connectivity index (χ3n) is 3.79. The summed E-state index contributed by atoms with van der Waals surface area (Å²) in [5.74, 6) is 2.01. The van der Waals surface area contributed by atoms with Gasteiger partial charge in [-0.1, -0.05) is 12.1 Å². The Morgan fingerprint density at radius 2 is 2.37 bits per heavy atom. The Bertz CT molecular complexity index is 577. The molecule has 1 unspecified atom stereocenters. The molecule has 1 aliphatic carbocycles. The van der Waals surface area contributed by atoms with E-state index in [-0.39, 0.29) is 6.04 Å². The molecule has 1 heterocycles. The Morgan fingerprint density at radius 1 is 1.47 bits per heavy atom. The molecule has 1 aromatic heterocycles. The quantitative estimate of drug-likeness (QED) is 0.913. The molecule has 19 heavy (non-hydrogen) atoms. The number of ether oxygens (including phenoxy) is 1. The van der Waals surface area contributed by atoms with Crippen LogP contribution in [0.1, 0.15) is 29.4 Å². The van der Waals surface area contributed by atoms with Crippen LogP contribution in [-0.4, -0.2) is 16.2 Å². The van der Waals surface area contributed by atoms with Crippen molar-refractivity contribution in [2.75, 3.05) is 6.61 Å². The monoisotopic (exact) mass is 257 g/mol. The fraction of sp³-hybridized carbons (Fsp3) is 0.400. The summed E-state index contributed by atoms with van der Waals surface area (Å²) in [4.78, 5) is 4.20. The van der Waals surface area contributed by atoms with Crippen molar-refractivity contribution in [1.29, 1.82) is 0 Å². The van der Waals surface area contributed by atoms with E-state index in [1.54, 1.807) is 0 Å². The molecule has 2 aromatic rings. The van der Waals surface area contributed by atoms with Crippen LogP contribution in [0.25, 0.3) is 0 Å². The summed E-state index contributed by atoms with van der Waals surface area (Å²) in [5, 5.41) is 0. The van der Waals surface area contributed by atoms with Crippen LogP contribution < -0.4 is 10.5 Å². The molecule has 100 valence electrons. The highest BCUT2D eigenvalue weighted by Crippen LogP contribution is 2.35. The lowest BCUT2D eigenvalue weighted by atomic mass is 10.1. The molecule has 1 aliphatic rings. The largest absolute Gasteiger partial charge is 0.491 e. The lowest BCUT2D eigenvalue weighted by molar-refractivity contribution is 0.294. The zero-order chi connectivity index (χ0) is 13.2. The number of aryl methyl sites for hydroxylation is 1. The molecular formula is C15H19N3O. The van der Waals surface area contributed by atoms with Gasteiger partial charge in [0.2, 0.25) is 0 Å². The SMILES string of the molecule is Cc1nccn1CCOc1cccc2c1CCC2N. The lowest BCUT2D eigenvalue weighted by Gasteiger charge is -2.12. The molecule has 0 saturated carbocycles. The molecular weight excluding hydrogens is 238 g/mol. The third kappa shape index (κ3) is 2.36. The fourth-order valence-electron chi connectivity index (χ4n) is 2.68. The van der Waals surface area contributed by atoms with Gasteiger partial charge in [0.25, 0.3) is 0 Å². The molecule has 1 atom stereocenters. The maximum atomic E-state index is 6.07. The number of aromatic nitrogens is 2. The predicted molar refractivity (Wildman–Crippen MR) is 74.2 cm³/mol. The topological polar surface area (TPSA) is 53.1 Å². The minimum absolute atomic E-state index is 0.175. The van der Waals surface area contributed by atoms with Crippen molar-refractivity contribution in [2.24, 2.45) is 5.73 Å². The van der Waals surface area contributed by atoms with Crippen LogP contribution in [-0.2, 0) is 13.0 Å². The van der Waals surface area contributed by atoms with Crippen LogP contribution in [0, 0.1) is 6.92 Å². The van der Waals surface area contributed by atoms with Crippen LogP contribution in [0.3, 0.4) is 0 Å². The van der Waals surface area contributed by atoms with Crippen molar-refractivity contribution in [3.63, 3.8) is 0 Å². The molecule has 0 fully saturated rings. The van der Waals surface area contributed by atoms with Crippen molar-refractivity contribution < 1.29 is 4.74 Å². The summed E-state index contributed by atoms with van der Waals surface area (Å²) in [5.41, 5.74) is 8.61. The zero-order valence-electron chi connectivity index (χ0n) is 11.2. The maximum absolute atomic E-state index is 6.07. The predicted octanol–water partition coefficient (Wildman–Crippen LogP) is 2.22. The van der Waals surface area contributed by atoms with Gasteiger partial charge >= 0.3 is 0 Å². The number of hydrogen-bond acceptors (Lipinski definition) is 3. The number of imidazole rings is 1. The van der Waals surface area contributed by atoms with Gasteiger partial charge < -0.3 is 15.0 Å². The van der Waals surface area contributed by atoms with Crippen LogP contribution in [0.15, 0.2) is 30.6 Å². The fourth-order valence-corrected chi connectivity index (χ4v) is 2.68. The molecule has 2 N–H and O–H groups in total. The molecule has 3 rings (SSSR count). The van der Waals surface area contributed by atoms with Gasteiger partial charge in [0.1, 0.15) is 18.2 Å². The second-order valence-corrected chi connectivity index (χ2v) is 4.99. The number of rotatable bonds is 4. The van der Waals surface area contributed by atoms with E-state index in [0.717, 1.165) is 31.0 Å². The van der Waals surface area contributed by atoms with Gasteiger partial charge in [-0.25, -0.2) is 4.98 Å². The van der Waals surface area contributed by atoms with Crippen molar-refractivity contribution in [3.8, 4) is 5.75 Å². The molecule has 0 bridgehead atoms. The second-order valence-electron chi connectivity index (χ2n) is 4.99. The van der Waals surface area contributed by atoms with Gasteiger partial charge in [0.15, 0.2) is 0 Å². The van der Waals surface area contributed by atoms with E-state index in [2.05, 4.69) is 15.6 Å². The van der Waals surface area contributed by atoms with Crippen LogP contribution in [0.5, 0.6) is 5.75 Å². The van der Waals surface area contributed by atoms with Gasteiger partial charge in [-0.3, -0.25) is 0 Å². The van der Waals surface area contributed by atoms with Crippen LogP contribution in [0.4, 0.5) is 0 Å². The normalized spacial score (nSPS) is 17.5. The Kier molecular flexibility index (Phi) is 3.25. The number of benzene rings is 1. The Balaban J connectivity index is 1.67. The first-order valence-electron chi connectivity index (χ1n) is 6.73. The first-order chi connectivity index (χ1) is 9.25. The lowest BCUT2D eigenvalue weighted by Crippen LogP contribution is -2.10. The Hall–Kier alpha value is -1.81. The highest BCUT2D eigenvalue weighted by molar-refractivity contribution is 5.44. The van der Waals surface area contributed by atoms with E-state index in [4.69, 9.17) is 10.5 Å². The van der Waals surface area contributed by atoms with E-state index in [1.807, 2.05) is 31.5 Å². The van der Waals surface area contributed by atoms with Gasteiger partial charge in [0, 0.05) is 18.4 Å². The molecule has 0 aliphatic heterocycles. The summed E-state index contributed by atoms with van der Waals surface area (Å²) in [6.07, 6.45) is 5.84. The minimum Gasteiger partial charge on any atom is -0.491 e. The van der Waals surface area contributed by atoms with E-state index in [0.29, 0.717) is 6.61 Å². The first kappa shape index (κ1) is 12.2. The summed E-state index contributed by atoms with van der Waals surface area (Å²) in [7, 11) is 0. The average molecular weight is 257 g/mol. The Labute approximate surface area is 113 Å². The molecule has 4 heteroatoms. The van der Waals surface area contributed by atoms with E-state index in [1.165, 1.54) is 11.1 Å². The van der Waals surface area contributed by atoms with Gasteiger partial charge in [-0.2, -0.15) is 0 Å². The molecule has 0 spiro atoms. The van der Waals surface area contributed by atoms with Gasteiger partial charge in [-0.15, -0.1) is 0 Å². The van der Waals surface area contributed by atoms with Crippen molar-refractivity contribution in [2.45, 2.75) is 32.4 Å². The van der Waals surface area contributed by atoms with E-state index in [9.17, 15) is 0 Å². The van der Waals surface area contributed by atoms with Crippen LogP contribution >= 0.6 is 0 Å². The van der Waals surface area contributed by atoms with Gasteiger partial charge in [-0.05, 0) is 37.0 Å². The number of hydrogen-bond donors (Lipinski definition) is 1. The van der Waals surface area contributed by atoms with Gasteiger partial charge in [0.05, 0.1) is 6.54 Å². The second kappa shape index (κ2) is 5.05. The average Bonchev–Trinajstić information content (AvgIpc) is 2.98. The minimum atomic E-state index is 0.175. The summed E-state index contributed by atoms with van der Waals surface area (Å²) in [6, 6.07) is 6.36. The highest BCUT2D eigenvalue weighted by Gasteiger charge is 2.21. The first-order valence-corrected chi connectivity index (χ1v) is 6.73. The molecule has 0 saturated heterocycles. The summed E-state index contributed by atoms with van der Waals surface area (Å²) < 4.78 is 8.01. The third-order valence-corrected chi connectivity index (χ3v) is 3.79. The summed E-state index contributed by atoms with van der Waals surface area (Å²) >= 11 is 0. The van der Waals surface area contributed by atoms with E-state index < -0.39 is 0 Å². The number of fused-ring (bicyclic) bond motifs is 1. The summed E-state index contributed by atoms with van der Waals surface area (Å²) in [6.45, 7) is 3.48. The molecule has 4 nitrogen and oxygen atoms in total.